The highest BCUT2D eigenvalue weighted by atomic mass is 16.5. The van der Waals surface area contributed by atoms with E-state index in [1.54, 1.807) is 18.3 Å². The molecule has 0 unspecified atom stereocenters. The number of aromatic nitrogens is 1. The summed E-state index contributed by atoms with van der Waals surface area (Å²) < 4.78 is 11.1. The van der Waals surface area contributed by atoms with Crippen molar-refractivity contribution in [1.82, 2.24) is 10.3 Å². The number of carbonyl (C=O) groups excluding carboxylic acids is 1. The number of amides is 1. The van der Waals surface area contributed by atoms with Crippen LogP contribution in [0, 0.1) is 5.92 Å². The summed E-state index contributed by atoms with van der Waals surface area (Å²) in [6, 6.07) is 13.4. The van der Waals surface area contributed by atoms with E-state index in [0.717, 1.165) is 25.2 Å². The fourth-order valence-electron chi connectivity index (χ4n) is 2.64. The molecule has 0 saturated carbocycles. The molecule has 0 radical (unpaired) electrons. The molecule has 5 heteroatoms. The van der Waals surface area contributed by atoms with Crippen LogP contribution in [0.15, 0.2) is 48.7 Å². The largest absolute Gasteiger partial charge is 0.470 e. The normalized spacial score (nSPS) is 18.1. The summed E-state index contributed by atoms with van der Waals surface area (Å²) in [5, 5.41) is 2.93. The average Bonchev–Trinajstić information content (AvgIpc) is 3.14. The lowest BCUT2D eigenvalue weighted by Gasteiger charge is -2.14. The summed E-state index contributed by atoms with van der Waals surface area (Å²) in [4.78, 5) is 16.4. The molecule has 1 aromatic heterocycles. The van der Waals surface area contributed by atoms with Gasteiger partial charge in [-0.25, -0.2) is 4.98 Å². The first-order valence-electron chi connectivity index (χ1n) is 8.26. The molecular weight excluding hydrogens is 304 g/mol. The SMILES string of the molecule is C[C@H](Oc1ccc(C(=O)NC[C@@H]2CCOC2)cn1)c1ccccc1. The van der Waals surface area contributed by atoms with Gasteiger partial charge in [-0.1, -0.05) is 30.3 Å². The average molecular weight is 326 g/mol. The Hall–Kier alpha value is -2.40. The Morgan fingerprint density at radius 3 is 2.83 bits per heavy atom. The molecule has 1 aliphatic rings. The molecule has 1 amide bonds. The molecule has 1 N–H and O–H groups in total. The van der Waals surface area contributed by atoms with Gasteiger partial charge < -0.3 is 14.8 Å². The van der Waals surface area contributed by atoms with Gasteiger partial charge in [0.2, 0.25) is 5.88 Å². The van der Waals surface area contributed by atoms with E-state index < -0.39 is 0 Å². The van der Waals surface area contributed by atoms with Crippen molar-refractivity contribution in [3.63, 3.8) is 0 Å². The monoisotopic (exact) mass is 326 g/mol. The Morgan fingerprint density at radius 1 is 1.33 bits per heavy atom. The lowest BCUT2D eigenvalue weighted by Crippen LogP contribution is -2.29. The van der Waals surface area contributed by atoms with Crippen molar-refractivity contribution in [2.24, 2.45) is 5.92 Å². The summed E-state index contributed by atoms with van der Waals surface area (Å²) in [6.07, 6.45) is 2.46. The van der Waals surface area contributed by atoms with Crippen LogP contribution in [0.2, 0.25) is 0 Å². The van der Waals surface area contributed by atoms with Crippen LogP contribution in [0.3, 0.4) is 0 Å². The lowest BCUT2D eigenvalue weighted by molar-refractivity contribution is 0.0944. The van der Waals surface area contributed by atoms with Crippen LogP contribution in [0.25, 0.3) is 0 Å². The zero-order valence-electron chi connectivity index (χ0n) is 13.8. The number of benzene rings is 1. The van der Waals surface area contributed by atoms with Gasteiger partial charge >= 0.3 is 0 Å². The molecule has 3 rings (SSSR count). The lowest BCUT2D eigenvalue weighted by atomic mass is 10.1. The van der Waals surface area contributed by atoms with E-state index in [4.69, 9.17) is 9.47 Å². The summed E-state index contributed by atoms with van der Waals surface area (Å²) in [5.41, 5.74) is 1.62. The third kappa shape index (κ3) is 4.32. The molecular formula is C19H22N2O3. The van der Waals surface area contributed by atoms with Crippen molar-refractivity contribution in [2.75, 3.05) is 19.8 Å². The smallest absolute Gasteiger partial charge is 0.252 e. The summed E-state index contributed by atoms with van der Waals surface area (Å²) in [5.74, 6) is 0.806. The standard InChI is InChI=1S/C19H22N2O3/c1-14(16-5-3-2-4-6-16)24-18-8-7-17(12-20-18)19(22)21-11-15-9-10-23-13-15/h2-8,12,14-15H,9-11,13H2,1H3,(H,21,22)/t14-,15-/m0/s1. The predicted octanol–water partition coefficient (Wildman–Crippen LogP) is 2.99. The number of rotatable bonds is 6. The first-order chi connectivity index (χ1) is 11.7. The highest BCUT2D eigenvalue weighted by molar-refractivity contribution is 5.93. The fraction of sp³-hybridized carbons (Fsp3) is 0.368. The van der Waals surface area contributed by atoms with Crippen LogP contribution in [-0.2, 0) is 4.74 Å². The van der Waals surface area contributed by atoms with Crippen molar-refractivity contribution in [2.45, 2.75) is 19.4 Å². The maximum atomic E-state index is 12.1. The summed E-state index contributed by atoms with van der Waals surface area (Å²) in [6.45, 7) is 4.12. The molecule has 1 aromatic carbocycles. The van der Waals surface area contributed by atoms with E-state index in [1.165, 1.54) is 0 Å². The van der Waals surface area contributed by atoms with E-state index in [9.17, 15) is 4.79 Å². The van der Waals surface area contributed by atoms with Gasteiger partial charge in [-0.15, -0.1) is 0 Å². The van der Waals surface area contributed by atoms with Crippen LogP contribution in [0.5, 0.6) is 5.88 Å². The minimum atomic E-state index is -0.114. The van der Waals surface area contributed by atoms with Crippen molar-refractivity contribution in [3.05, 3.63) is 59.8 Å². The number of nitrogens with one attached hydrogen (secondary N) is 1. The predicted molar refractivity (Wildman–Crippen MR) is 91.0 cm³/mol. The number of nitrogens with zero attached hydrogens (tertiary/aromatic N) is 1. The summed E-state index contributed by atoms with van der Waals surface area (Å²) in [7, 11) is 0. The fourth-order valence-corrected chi connectivity index (χ4v) is 2.64. The number of hydrogen-bond donors (Lipinski definition) is 1. The van der Waals surface area contributed by atoms with Crippen LogP contribution >= 0.6 is 0 Å². The minimum Gasteiger partial charge on any atom is -0.470 e. The first kappa shape index (κ1) is 16.5. The molecule has 2 heterocycles. The summed E-state index contributed by atoms with van der Waals surface area (Å²) >= 11 is 0. The highest BCUT2D eigenvalue weighted by Gasteiger charge is 2.17. The van der Waals surface area contributed by atoms with Gasteiger partial charge in [0.1, 0.15) is 6.10 Å². The Balaban J connectivity index is 1.53. The van der Waals surface area contributed by atoms with Gasteiger partial charge in [0.15, 0.2) is 0 Å². The van der Waals surface area contributed by atoms with Crippen molar-refractivity contribution >= 4 is 5.91 Å². The van der Waals surface area contributed by atoms with Crippen molar-refractivity contribution in [3.8, 4) is 5.88 Å². The Bertz CT molecular complexity index is 652. The second kappa shape index (κ2) is 7.93. The van der Waals surface area contributed by atoms with Crippen LogP contribution in [-0.4, -0.2) is 30.6 Å². The molecule has 1 fully saturated rings. The molecule has 24 heavy (non-hydrogen) atoms. The van der Waals surface area contributed by atoms with Crippen molar-refractivity contribution in [1.29, 1.82) is 0 Å². The van der Waals surface area contributed by atoms with Gasteiger partial charge in [0, 0.05) is 31.3 Å². The molecule has 5 nitrogen and oxygen atoms in total. The molecule has 0 aliphatic carbocycles. The first-order valence-corrected chi connectivity index (χ1v) is 8.26. The van der Waals surface area contributed by atoms with E-state index in [2.05, 4.69) is 10.3 Å². The van der Waals surface area contributed by atoms with Crippen LogP contribution < -0.4 is 10.1 Å². The van der Waals surface area contributed by atoms with Gasteiger partial charge in [-0.05, 0) is 25.0 Å². The van der Waals surface area contributed by atoms with Gasteiger partial charge in [0.05, 0.1) is 12.2 Å². The van der Waals surface area contributed by atoms with Gasteiger partial charge in [0.25, 0.3) is 5.91 Å². The zero-order chi connectivity index (χ0) is 16.8. The third-order valence-corrected chi connectivity index (χ3v) is 4.14. The maximum Gasteiger partial charge on any atom is 0.252 e. The van der Waals surface area contributed by atoms with E-state index in [0.29, 0.717) is 23.9 Å². The number of carbonyl (C=O) groups is 1. The van der Waals surface area contributed by atoms with E-state index in [-0.39, 0.29) is 12.0 Å². The van der Waals surface area contributed by atoms with E-state index >= 15 is 0 Å². The molecule has 0 bridgehead atoms. The van der Waals surface area contributed by atoms with Gasteiger partial charge in [-0.3, -0.25) is 4.79 Å². The number of ether oxygens (including phenoxy) is 2. The zero-order valence-corrected chi connectivity index (χ0v) is 13.8. The van der Waals surface area contributed by atoms with Crippen molar-refractivity contribution < 1.29 is 14.3 Å². The highest BCUT2D eigenvalue weighted by Crippen LogP contribution is 2.19. The molecule has 0 spiro atoms. The van der Waals surface area contributed by atoms with Crippen LogP contribution in [0.4, 0.5) is 0 Å². The molecule has 2 atom stereocenters. The number of hydrogen-bond acceptors (Lipinski definition) is 4. The Labute approximate surface area is 142 Å². The minimum absolute atomic E-state index is 0.0965. The molecule has 2 aromatic rings. The third-order valence-electron chi connectivity index (χ3n) is 4.14. The number of pyridine rings is 1. The second-order valence-electron chi connectivity index (χ2n) is 6.00. The van der Waals surface area contributed by atoms with Crippen LogP contribution in [0.1, 0.15) is 35.4 Å². The molecule has 126 valence electrons. The molecule has 1 saturated heterocycles. The Morgan fingerprint density at radius 2 is 2.17 bits per heavy atom. The Kier molecular flexibility index (Phi) is 5.43. The van der Waals surface area contributed by atoms with Gasteiger partial charge in [-0.2, -0.15) is 0 Å². The van der Waals surface area contributed by atoms with E-state index in [1.807, 2.05) is 37.3 Å². The second-order valence-corrected chi connectivity index (χ2v) is 6.00. The molecule has 1 aliphatic heterocycles. The quantitative estimate of drug-likeness (QED) is 0.886. The maximum absolute atomic E-state index is 12.1. The topological polar surface area (TPSA) is 60.5 Å².